The van der Waals surface area contributed by atoms with Gasteiger partial charge in [-0.2, -0.15) is 5.10 Å². The van der Waals surface area contributed by atoms with Crippen molar-refractivity contribution < 1.29 is 9.53 Å². The van der Waals surface area contributed by atoms with Gasteiger partial charge in [-0.3, -0.25) is 9.69 Å². The van der Waals surface area contributed by atoms with Gasteiger partial charge < -0.3 is 15.4 Å². The third-order valence-corrected chi connectivity index (χ3v) is 7.56. The molecular formula is C26H33N5O2. The second-order valence-corrected chi connectivity index (χ2v) is 10.3. The number of ether oxygens (including phenoxy) is 1. The zero-order chi connectivity index (χ0) is 23.1. The summed E-state index contributed by atoms with van der Waals surface area (Å²) >= 11 is 0. The Morgan fingerprint density at radius 1 is 1.09 bits per heavy atom. The molecule has 1 aromatic carbocycles. The minimum atomic E-state index is -0.266. The van der Waals surface area contributed by atoms with Gasteiger partial charge in [0.15, 0.2) is 5.82 Å². The molecule has 7 nitrogen and oxygen atoms in total. The maximum absolute atomic E-state index is 12.9. The minimum Gasteiger partial charge on any atom is -0.483 e. The van der Waals surface area contributed by atoms with Crippen LogP contribution in [-0.4, -0.2) is 57.7 Å². The molecule has 0 aliphatic carbocycles. The molecule has 2 saturated heterocycles. The first-order valence-corrected chi connectivity index (χ1v) is 11.9. The number of likely N-dealkylation sites (tertiary alicyclic amines) is 2. The predicted octanol–water partition coefficient (Wildman–Crippen LogP) is 3.76. The molecule has 1 amide bonds. The number of hydrogen-bond donors (Lipinski definition) is 1. The van der Waals surface area contributed by atoms with Gasteiger partial charge in [0.05, 0.1) is 11.8 Å². The molecule has 1 spiro atoms. The summed E-state index contributed by atoms with van der Waals surface area (Å²) in [4.78, 5) is 17.3. The summed E-state index contributed by atoms with van der Waals surface area (Å²) in [6.45, 7) is 8.84. The minimum absolute atomic E-state index is 0.0273. The van der Waals surface area contributed by atoms with Gasteiger partial charge in [0.2, 0.25) is 0 Å². The third-order valence-electron chi connectivity index (χ3n) is 7.56. The van der Waals surface area contributed by atoms with Crippen LogP contribution in [0.3, 0.4) is 0 Å². The first kappa shape index (κ1) is 21.9. The Balaban J connectivity index is 1.18. The first-order chi connectivity index (χ1) is 15.8. The third kappa shape index (κ3) is 4.47. The number of carbonyl (C=O) groups excluding carboxylic acids is 1. The SMILES string of the molecule is CC1(C)C=Cc2cccc(CN3CCC4(CC3)CCN(C(=O)c3ccnnc3N)CC4)c2O1. The van der Waals surface area contributed by atoms with Crippen LogP contribution in [0.25, 0.3) is 6.08 Å². The lowest BCUT2D eigenvalue weighted by Crippen LogP contribution is -2.48. The highest BCUT2D eigenvalue weighted by Gasteiger charge is 2.39. The van der Waals surface area contributed by atoms with E-state index < -0.39 is 0 Å². The van der Waals surface area contributed by atoms with E-state index >= 15 is 0 Å². The fourth-order valence-electron chi connectivity index (χ4n) is 5.38. The number of benzene rings is 1. The number of carbonyl (C=O) groups is 1. The number of rotatable bonds is 3. The van der Waals surface area contributed by atoms with Crippen molar-refractivity contribution in [3.8, 4) is 5.75 Å². The van der Waals surface area contributed by atoms with Crippen molar-refractivity contribution in [1.82, 2.24) is 20.0 Å². The van der Waals surface area contributed by atoms with Crippen molar-refractivity contribution in [2.75, 3.05) is 31.9 Å². The Morgan fingerprint density at radius 2 is 1.82 bits per heavy atom. The monoisotopic (exact) mass is 447 g/mol. The molecule has 3 aliphatic heterocycles. The highest BCUT2D eigenvalue weighted by Crippen LogP contribution is 2.42. The highest BCUT2D eigenvalue weighted by atomic mass is 16.5. The van der Waals surface area contributed by atoms with Crippen LogP contribution in [0.1, 0.15) is 61.0 Å². The molecule has 33 heavy (non-hydrogen) atoms. The lowest BCUT2D eigenvalue weighted by atomic mass is 9.71. The number of anilines is 1. The number of para-hydroxylation sites is 1. The number of piperidine rings is 2. The van der Waals surface area contributed by atoms with Crippen LogP contribution in [0.15, 0.2) is 36.5 Å². The molecule has 0 saturated carbocycles. The molecule has 7 heteroatoms. The molecule has 0 bridgehead atoms. The summed E-state index contributed by atoms with van der Waals surface area (Å²) in [6, 6.07) is 8.11. The van der Waals surface area contributed by atoms with E-state index in [4.69, 9.17) is 10.5 Å². The van der Waals surface area contributed by atoms with Gasteiger partial charge in [-0.15, -0.1) is 5.10 Å². The molecule has 0 radical (unpaired) electrons. The van der Waals surface area contributed by atoms with Crippen LogP contribution in [0.5, 0.6) is 5.75 Å². The highest BCUT2D eigenvalue weighted by molar-refractivity contribution is 5.98. The van der Waals surface area contributed by atoms with Crippen LogP contribution in [0, 0.1) is 5.41 Å². The van der Waals surface area contributed by atoms with E-state index in [9.17, 15) is 4.79 Å². The van der Waals surface area contributed by atoms with Crippen molar-refractivity contribution in [3.05, 3.63) is 53.2 Å². The van der Waals surface area contributed by atoms with Crippen LogP contribution in [-0.2, 0) is 6.54 Å². The standard InChI is InChI=1S/C26H33N5O2/c1-25(2)8-6-19-4-3-5-20(22(19)33-25)18-30-14-9-26(10-15-30)11-16-31(17-12-26)24(32)21-7-13-28-29-23(21)27/h3-8,13H,9-12,14-18H2,1-2H3,(H2,27,29). The van der Waals surface area contributed by atoms with Gasteiger partial charge in [0.25, 0.3) is 5.91 Å². The zero-order valence-corrected chi connectivity index (χ0v) is 19.6. The van der Waals surface area contributed by atoms with E-state index in [1.54, 1.807) is 6.07 Å². The molecule has 0 atom stereocenters. The zero-order valence-electron chi connectivity index (χ0n) is 19.6. The van der Waals surface area contributed by atoms with Gasteiger partial charge in [-0.1, -0.05) is 24.3 Å². The number of fused-ring (bicyclic) bond motifs is 1. The second-order valence-electron chi connectivity index (χ2n) is 10.3. The van der Waals surface area contributed by atoms with Gasteiger partial charge in [-0.25, -0.2) is 0 Å². The number of nitrogens with two attached hydrogens (primary N) is 1. The Kier molecular flexibility index (Phi) is 5.60. The molecule has 2 aromatic rings. The summed E-state index contributed by atoms with van der Waals surface area (Å²) in [5.41, 5.74) is 8.83. The van der Waals surface area contributed by atoms with Gasteiger partial charge >= 0.3 is 0 Å². The van der Waals surface area contributed by atoms with Crippen LogP contribution in [0.2, 0.25) is 0 Å². The summed E-state index contributed by atoms with van der Waals surface area (Å²) in [5, 5.41) is 7.56. The van der Waals surface area contributed by atoms with Crippen molar-refractivity contribution in [2.45, 2.75) is 51.7 Å². The van der Waals surface area contributed by atoms with Gasteiger partial charge in [0, 0.05) is 30.8 Å². The molecule has 1 aromatic heterocycles. The van der Waals surface area contributed by atoms with Crippen molar-refractivity contribution in [3.63, 3.8) is 0 Å². The van der Waals surface area contributed by atoms with E-state index in [0.29, 0.717) is 11.0 Å². The fraction of sp³-hybridized carbons (Fsp3) is 0.500. The van der Waals surface area contributed by atoms with Crippen LogP contribution < -0.4 is 10.5 Å². The number of aromatic nitrogens is 2. The van der Waals surface area contributed by atoms with Gasteiger partial charge in [0.1, 0.15) is 11.4 Å². The van der Waals surface area contributed by atoms with Crippen molar-refractivity contribution in [1.29, 1.82) is 0 Å². The lowest BCUT2D eigenvalue weighted by molar-refractivity contribution is 0.0282. The Hall–Kier alpha value is -2.93. The summed E-state index contributed by atoms with van der Waals surface area (Å²) in [7, 11) is 0. The molecule has 2 fully saturated rings. The average Bonchev–Trinajstić information content (AvgIpc) is 2.81. The van der Waals surface area contributed by atoms with Crippen molar-refractivity contribution in [2.24, 2.45) is 5.41 Å². The van der Waals surface area contributed by atoms with E-state index in [1.807, 2.05) is 4.90 Å². The van der Waals surface area contributed by atoms with Crippen LogP contribution >= 0.6 is 0 Å². The van der Waals surface area contributed by atoms with Crippen molar-refractivity contribution >= 4 is 17.8 Å². The lowest BCUT2D eigenvalue weighted by Gasteiger charge is -2.47. The molecule has 2 N–H and O–H groups in total. The number of amides is 1. The normalized spacial score (nSPS) is 21.5. The molecule has 5 rings (SSSR count). The average molecular weight is 448 g/mol. The maximum Gasteiger partial charge on any atom is 0.257 e. The van der Waals surface area contributed by atoms with E-state index in [2.05, 4.69) is 59.3 Å². The number of nitrogen functional groups attached to an aromatic ring is 1. The molecule has 3 aliphatic rings. The van der Waals surface area contributed by atoms with E-state index in [0.717, 1.165) is 51.3 Å². The summed E-state index contributed by atoms with van der Waals surface area (Å²) < 4.78 is 6.31. The molecule has 4 heterocycles. The first-order valence-electron chi connectivity index (χ1n) is 11.9. The Bertz CT molecular complexity index is 1060. The summed E-state index contributed by atoms with van der Waals surface area (Å²) in [5.74, 6) is 1.21. The second kappa shape index (κ2) is 8.45. The van der Waals surface area contributed by atoms with Crippen LogP contribution in [0.4, 0.5) is 5.82 Å². The fourth-order valence-corrected chi connectivity index (χ4v) is 5.38. The Labute approximate surface area is 195 Å². The van der Waals surface area contributed by atoms with Gasteiger partial charge in [-0.05, 0) is 70.2 Å². The smallest absolute Gasteiger partial charge is 0.257 e. The van der Waals surface area contributed by atoms with E-state index in [1.165, 1.54) is 30.2 Å². The topological polar surface area (TPSA) is 84.6 Å². The Morgan fingerprint density at radius 3 is 2.55 bits per heavy atom. The predicted molar refractivity (Wildman–Crippen MR) is 129 cm³/mol. The number of nitrogens with zero attached hydrogens (tertiary/aromatic N) is 4. The van der Waals surface area contributed by atoms with E-state index in [-0.39, 0.29) is 17.3 Å². The number of hydrogen-bond acceptors (Lipinski definition) is 6. The summed E-state index contributed by atoms with van der Waals surface area (Å²) in [6.07, 6.45) is 10.3. The largest absolute Gasteiger partial charge is 0.483 e. The quantitative estimate of drug-likeness (QED) is 0.771. The maximum atomic E-state index is 12.9. The molecular weight excluding hydrogens is 414 g/mol. The molecule has 174 valence electrons. The molecule has 0 unspecified atom stereocenters.